The van der Waals surface area contributed by atoms with E-state index in [0.29, 0.717) is 30.7 Å². The van der Waals surface area contributed by atoms with Gasteiger partial charge < -0.3 is 20.9 Å². The summed E-state index contributed by atoms with van der Waals surface area (Å²) in [6.45, 7) is 4.13. The van der Waals surface area contributed by atoms with Crippen LogP contribution in [0.3, 0.4) is 0 Å². The quantitative estimate of drug-likeness (QED) is 0.234. The number of nitrogens with two attached hydrogens (primary N) is 2. The second-order valence-corrected chi connectivity index (χ2v) is 5.57. The molecule has 1 aromatic carbocycles. The molecule has 0 spiro atoms. The average molecular weight is 335 g/mol. The molecule has 0 fully saturated rings. The third-order valence-electron chi connectivity index (χ3n) is 3.00. The molecule has 0 saturated heterocycles. The largest absolute Gasteiger partial charge is 0.459 e. The number of benzene rings is 1. The van der Waals surface area contributed by atoms with Gasteiger partial charge in [0, 0.05) is 13.0 Å². The van der Waals surface area contributed by atoms with E-state index < -0.39 is 5.97 Å². The van der Waals surface area contributed by atoms with Gasteiger partial charge in [0.25, 0.3) is 0 Å². The molecule has 0 heterocycles. The first-order valence-corrected chi connectivity index (χ1v) is 7.95. The van der Waals surface area contributed by atoms with Gasteiger partial charge in [-0.2, -0.15) is 0 Å². The second-order valence-electron chi connectivity index (χ2n) is 5.57. The first kappa shape index (κ1) is 19.5. The lowest BCUT2D eigenvalue weighted by Crippen LogP contribution is -2.22. The molecule has 0 bridgehead atoms. The zero-order chi connectivity index (χ0) is 17.9. The molecule has 4 N–H and O–H groups in total. The van der Waals surface area contributed by atoms with Crippen LogP contribution in [-0.4, -0.2) is 30.5 Å². The van der Waals surface area contributed by atoms with E-state index in [-0.39, 0.29) is 18.0 Å². The van der Waals surface area contributed by atoms with Crippen molar-refractivity contribution < 1.29 is 19.1 Å². The summed E-state index contributed by atoms with van der Waals surface area (Å²) in [7, 11) is 0. The van der Waals surface area contributed by atoms with Crippen LogP contribution in [0.5, 0.6) is 5.75 Å². The predicted octanol–water partition coefficient (Wildman–Crippen LogP) is 1.99. The molecule has 0 unspecified atom stereocenters. The van der Waals surface area contributed by atoms with Crippen molar-refractivity contribution in [2.24, 2.45) is 16.5 Å². The van der Waals surface area contributed by atoms with Crippen molar-refractivity contribution in [2.45, 2.75) is 45.6 Å². The zero-order valence-electron chi connectivity index (χ0n) is 14.2. The maximum atomic E-state index is 11.7. The van der Waals surface area contributed by atoms with Crippen molar-refractivity contribution >= 4 is 17.9 Å². The zero-order valence-corrected chi connectivity index (χ0v) is 14.2. The van der Waals surface area contributed by atoms with E-state index in [2.05, 4.69) is 4.99 Å². The molecule has 0 aliphatic carbocycles. The van der Waals surface area contributed by atoms with Crippen LogP contribution in [0.25, 0.3) is 0 Å². The van der Waals surface area contributed by atoms with E-state index in [0.717, 1.165) is 12.8 Å². The Balaban J connectivity index is 2.32. The lowest BCUT2D eigenvalue weighted by molar-refractivity contribution is -0.134. The summed E-state index contributed by atoms with van der Waals surface area (Å²) in [6.07, 6.45) is 2.50. The summed E-state index contributed by atoms with van der Waals surface area (Å²) < 4.78 is 10.3. The summed E-state index contributed by atoms with van der Waals surface area (Å²) in [6, 6.07) is 6.30. The summed E-state index contributed by atoms with van der Waals surface area (Å²) >= 11 is 0. The normalized spacial score (nSPS) is 10.3. The maximum Gasteiger partial charge on any atom is 0.338 e. The number of unbranched alkanes of at least 4 members (excludes halogenated alkanes) is 2. The van der Waals surface area contributed by atoms with Gasteiger partial charge >= 0.3 is 11.9 Å². The van der Waals surface area contributed by atoms with Crippen LogP contribution in [0, 0.1) is 0 Å². The summed E-state index contributed by atoms with van der Waals surface area (Å²) in [5.41, 5.74) is 10.9. The molecule has 7 heteroatoms. The number of rotatable bonds is 9. The van der Waals surface area contributed by atoms with Crippen LogP contribution in [-0.2, 0) is 9.53 Å². The number of carbonyl (C=O) groups excluding carboxylic acids is 2. The molecule has 0 saturated carbocycles. The highest BCUT2D eigenvalue weighted by molar-refractivity contribution is 5.89. The van der Waals surface area contributed by atoms with E-state index in [1.807, 2.05) is 0 Å². The fourth-order valence-corrected chi connectivity index (χ4v) is 1.89. The van der Waals surface area contributed by atoms with Gasteiger partial charge in [0.2, 0.25) is 0 Å². The van der Waals surface area contributed by atoms with Crippen LogP contribution in [0.1, 0.15) is 49.9 Å². The average Bonchev–Trinajstić information content (AvgIpc) is 2.50. The minimum Gasteiger partial charge on any atom is -0.459 e. The smallest absolute Gasteiger partial charge is 0.338 e. The number of ether oxygens (including phenoxy) is 2. The number of esters is 2. The Morgan fingerprint density at radius 1 is 1.08 bits per heavy atom. The monoisotopic (exact) mass is 335 g/mol. The van der Waals surface area contributed by atoms with Gasteiger partial charge in [0.15, 0.2) is 5.96 Å². The highest BCUT2D eigenvalue weighted by Gasteiger charge is 2.10. The molecule has 0 aliphatic heterocycles. The van der Waals surface area contributed by atoms with Gasteiger partial charge in [0.1, 0.15) is 5.75 Å². The SMILES string of the molecule is CC(C)OC(=O)c1ccc(OC(=O)CCCCCN=C(N)N)cc1. The van der Waals surface area contributed by atoms with Gasteiger partial charge in [-0.25, -0.2) is 4.79 Å². The molecule has 0 aliphatic rings. The minimum atomic E-state index is -0.399. The predicted molar refractivity (Wildman–Crippen MR) is 91.8 cm³/mol. The molecule has 24 heavy (non-hydrogen) atoms. The Hall–Kier alpha value is -2.57. The lowest BCUT2D eigenvalue weighted by atomic mass is 10.2. The van der Waals surface area contributed by atoms with E-state index in [1.165, 1.54) is 0 Å². The molecular weight excluding hydrogens is 310 g/mol. The van der Waals surface area contributed by atoms with Crippen LogP contribution in [0.2, 0.25) is 0 Å². The molecular formula is C17H25N3O4. The number of aliphatic imine (C=N–C) groups is 1. The number of carbonyl (C=O) groups is 2. The third kappa shape index (κ3) is 8.17. The fraction of sp³-hybridized carbons (Fsp3) is 0.471. The van der Waals surface area contributed by atoms with Crippen LogP contribution in [0.4, 0.5) is 0 Å². The molecule has 0 amide bonds. The van der Waals surface area contributed by atoms with Crippen molar-refractivity contribution in [3.63, 3.8) is 0 Å². The first-order valence-electron chi connectivity index (χ1n) is 7.95. The molecule has 1 aromatic rings. The van der Waals surface area contributed by atoms with Gasteiger partial charge in [-0.1, -0.05) is 6.42 Å². The molecule has 0 radical (unpaired) electrons. The molecule has 1 rings (SSSR count). The topological polar surface area (TPSA) is 117 Å². The van der Waals surface area contributed by atoms with Crippen molar-refractivity contribution in [2.75, 3.05) is 6.54 Å². The Bertz CT molecular complexity index is 564. The summed E-state index contributed by atoms with van der Waals surface area (Å²) in [5.74, 6) is -0.227. The van der Waals surface area contributed by atoms with E-state index in [1.54, 1.807) is 38.1 Å². The van der Waals surface area contributed by atoms with Crippen LogP contribution >= 0.6 is 0 Å². The van der Waals surface area contributed by atoms with Crippen LogP contribution < -0.4 is 16.2 Å². The number of nitrogens with zero attached hydrogens (tertiary/aromatic N) is 1. The van der Waals surface area contributed by atoms with Crippen molar-refractivity contribution in [3.8, 4) is 5.75 Å². The fourth-order valence-electron chi connectivity index (χ4n) is 1.89. The molecule has 0 atom stereocenters. The number of hydrogen-bond donors (Lipinski definition) is 2. The molecule has 0 aromatic heterocycles. The van der Waals surface area contributed by atoms with Crippen molar-refractivity contribution in [1.29, 1.82) is 0 Å². The van der Waals surface area contributed by atoms with Gasteiger partial charge in [-0.05, 0) is 51.0 Å². The summed E-state index contributed by atoms with van der Waals surface area (Å²) in [5, 5.41) is 0. The maximum absolute atomic E-state index is 11.7. The number of guanidine groups is 1. The van der Waals surface area contributed by atoms with Crippen molar-refractivity contribution in [1.82, 2.24) is 0 Å². The van der Waals surface area contributed by atoms with Gasteiger partial charge in [0.05, 0.1) is 11.7 Å². The third-order valence-corrected chi connectivity index (χ3v) is 3.00. The van der Waals surface area contributed by atoms with Gasteiger partial charge in [-0.15, -0.1) is 0 Å². The standard InChI is InChI=1S/C17H25N3O4/c1-12(2)23-16(22)13-7-9-14(10-8-13)24-15(21)6-4-3-5-11-20-17(18)19/h7-10,12H,3-6,11H2,1-2H3,(H4,18,19,20). The Labute approximate surface area is 142 Å². The van der Waals surface area contributed by atoms with Gasteiger partial charge in [-0.3, -0.25) is 9.79 Å². The van der Waals surface area contributed by atoms with E-state index >= 15 is 0 Å². The first-order chi connectivity index (χ1) is 11.4. The number of hydrogen-bond acceptors (Lipinski definition) is 5. The highest BCUT2D eigenvalue weighted by Crippen LogP contribution is 2.15. The second kappa shape index (κ2) is 10.3. The molecule has 132 valence electrons. The minimum absolute atomic E-state index is 0.0788. The highest BCUT2D eigenvalue weighted by atomic mass is 16.5. The van der Waals surface area contributed by atoms with Crippen molar-refractivity contribution in [3.05, 3.63) is 29.8 Å². The Morgan fingerprint density at radius 2 is 1.75 bits per heavy atom. The Morgan fingerprint density at radius 3 is 2.33 bits per heavy atom. The van der Waals surface area contributed by atoms with E-state index in [4.69, 9.17) is 20.9 Å². The summed E-state index contributed by atoms with van der Waals surface area (Å²) in [4.78, 5) is 27.3. The van der Waals surface area contributed by atoms with E-state index in [9.17, 15) is 9.59 Å². The Kier molecular flexibility index (Phi) is 8.32. The van der Waals surface area contributed by atoms with Crippen LogP contribution in [0.15, 0.2) is 29.3 Å². The lowest BCUT2D eigenvalue weighted by Gasteiger charge is -2.08. The molecule has 7 nitrogen and oxygen atoms in total.